The fraction of sp³-hybridized carbons (Fsp3) is 0.894. The van der Waals surface area contributed by atoms with Gasteiger partial charge in [-0.25, -0.2) is 9.69 Å². The maximum Gasteiger partial charge on any atom is 0.330 e. The molecule has 5 aliphatic rings. The summed E-state index contributed by atoms with van der Waals surface area (Å²) in [5, 5.41) is 0. The normalized spacial score (nSPS) is 23.2. The molecule has 1 heterocycles. The first-order valence-electron chi connectivity index (χ1n) is 23.9. The molecule has 0 aromatic rings. The predicted molar refractivity (Wildman–Crippen MR) is 223 cm³/mol. The van der Waals surface area contributed by atoms with E-state index >= 15 is 0 Å². The second-order valence-corrected chi connectivity index (χ2v) is 18.2. The fourth-order valence-electron chi connectivity index (χ4n) is 10.8. The molecule has 0 radical (unpaired) electrons. The molecule has 4 aliphatic carbocycles. The molecule has 7 nitrogen and oxygen atoms in total. The Bertz CT molecular complexity index is 1070. The van der Waals surface area contributed by atoms with Crippen LogP contribution < -0.4 is 0 Å². The van der Waals surface area contributed by atoms with Crippen LogP contribution in [0.1, 0.15) is 225 Å². The summed E-state index contributed by atoms with van der Waals surface area (Å²) >= 11 is 0. The maximum absolute atomic E-state index is 14.7. The van der Waals surface area contributed by atoms with Gasteiger partial charge < -0.3 is 0 Å². The van der Waals surface area contributed by atoms with Crippen LogP contribution in [0.2, 0.25) is 0 Å². The summed E-state index contributed by atoms with van der Waals surface area (Å²) in [5.74, 6) is -0.260. The molecule has 54 heavy (non-hydrogen) atoms. The molecule has 1 unspecified atom stereocenters. The molecular formula is C47H82N4O3. The van der Waals surface area contributed by atoms with Crippen LogP contribution in [0.25, 0.3) is 0 Å². The molecule has 7 heteroatoms. The van der Waals surface area contributed by atoms with Gasteiger partial charge in [0.15, 0.2) is 11.8 Å². The molecule has 5 rings (SSSR count). The molecule has 4 saturated carbocycles. The van der Waals surface area contributed by atoms with E-state index < -0.39 is 6.04 Å². The first kappa shape index (κ1) is 43.4. The third kappa shape index (κ3) is 13.4. The van der Waals surface area contributed by atoms with Crippen molar-refractivity contribution in [3.05, 3.63) is 12.2 Å². The number of carbonyl (C=O) groups is 3. The summed E-state index contributed by atoms with van der Waals surface area (Å²) in [6.45, 7) is 3.08. The van der Waals surface area contributed by atoms with E-state index in [0.717, 1.165) is 51.4 Å². The molecule has 0 N–H and O–H groups in total. The number of hydrogen-bond donors (Lipinski definition) is 0. The lowest BCUT2D eigenvalue weighted by atomic mass is 9.89. The molecule has 1 saturated heterocycles. The van der Waals surface area contributed by atoms with Crippen LogP contribution in [0.4, 0.5) is 4.79 Å². The highest BCUT2D eigenvalue weighted by molar-refractivity contribution is 6.16. The van der Waals surface area contributed by atoms with E-state index in [1.807, 2.05) is 0 Å². The summed E-state index contributed by atoms with van der Waals surface area (Å²) in [5.41, 5.74) is 0. The highest BCUT2D eigenvalue weighted by Crippen LogP contribution is 2.35. The zero-order chi connectivity index (χ0) is 37.8. The third-order valence-corrected chi connectivity index (χ3v) is 14.1. The number of carbonyl (C=O) groups excluding carboxylic acids is 3. The van der Waals surface area contributed by atoms with Crippen LogP contribution in [-0.4, -0.2) is 80.9 Å². The van der Waals surface area contributed by atoms with Gasteiger partial charge in [0.05, 0.1) is 13.3 Å². The van der Waals surface area contributed by atoms with Crippen molar-refractivity contribution in [3.63, 3.8) is 0 Å². The van der Waals surface area contributed by atoms with Gasteiger partial charge in [-0.1, -0.05) is 147 Å². The first-order valence-corrected chi connectivity index (χ1v) is 23.9. The van der Waals surface area contributed by atoms with E-state index in [1.165, 1.54) is 161 Å². The largest absolute Gasteiger partial charge is 0.330 e. The van der Waals surface area contributed by atoms with Gasteiger partial charge in [-0.3, -0.25) is 24.3 Å². The van der Waals surface area contributed by atoms with Crippen molar-refractivity contribution in [1.82, 2.24) is 19.6 Å². The summed E-state index contributed by atoms with van der Waals surface area (Å²) < 4.78 is 0. The van der Waals surface area contributed by atoms with Crippen LogP contribution in [-0.2, 0) is 9.59 Å². The molecule has 1 atom stereocenters. The van der Waals surface area contributed by atoms with Gasteiger partial charge in [0.25, 0.3) is 5.91 Å². The highest BCUT2D eigenvalue weighted by atomic mass is 16.2. The van der Waals surface area contributed by atoms with Crippen LogP contribution in [0.3, 0.4) is 0 Å². The number of ketones is 1. The Kier molecular flexibility index (Phi) is 19.9. The first-order chi connectivity index (χ1) is 26.6. The minimum Gasteiger partial charge on any atom is -0.297 e. The fourth-order valence-corrected chi connectivity index (χ4v) is 10.8. The molecule has 0 bridgehead atoms. The zero-order valence-corrected chi connectivity index (χ0v) is 35.0. The number of imide groups is 1. The number of nitrogens with zero attached hydrogens (tertiary/aromatic N) is 4. The Morgan fingerprint density at radius 3 is 1.37 bits per heavy atom. The topological polar surface area (TPSA) is 64.2 Å². The lowest BCUT2D eigenvalue weighted by molar-refractivity contribution is -0.137. The standard InChI is InChI=1S/C47H82N4O3/c1-2-3-4-5-6-7-8-9-10-11-12-13-14-15-28-37-44(52)45-46(53)51(39-49(42-33-24-18-25-34-42)43-35-26-19-27-36-43)47(54)50(45)38-48(40-29-20-16-21-30-40)41-31-22-17-23-32-41/h9-10,40-43,45H,2-8,11-39H2,1H3. The van der Waals surface area contributed by atoms with Gasteiger partial charge in [-0.15, -0.1) is 0 Å². The van der Waals surface area contributed by atoms with E-state index in [9.17, 15) is 14.4 Å². The second-order valence-electron chi connectivity index (χ2n) is 18.2. The van der Waals surface area contributed by atoms with Crippen LogP contribution >= 0.6 is 0 Å². The lowest BCUT2D eigenvalue weighted by Gasteiger charge is -2.44. The van der Waals surface area contributed by atoms with E-state index in [1.54, 1.807) is 9.80 Å². The summed E-state index contributed by atoms with van der Waals surface area (Å²) in [7, 11) is 0. The minimum absolute atomic E-state index is 0.0254. The Morgan fingerprint density at radius 2 is 0.926 bits per heavy atom. The van der Waals surface area contributed by atoms with E-state index in [4.69, 9.17) is 0 Å². The van der Waals surface area contributed by atoms with Crippen molar-refractivity contribution in [2.75, 3.05) is 13.3 Å². The lowest BCUT2D eigenvalue weighted by Crippen LogP contribution is -2.54. The molecule has 0 aromatic heterocycles. The highest BCUT2D eigenvalue weighted by Gasteiger charge is 2.51. The molecular weight excluding hydrogens is 669 g/mol. The van der Waals surface area contributed by atoms with Crippen molar-refractivity contribution in [2.24, 2.45) is 0 Å². The van der Waals surface area contributed by atoms with Gasteiger partial charge in [-0.05, 0) is 83.5 Å². The summed E-state index contributed by atoms with van der Waals surface area (Å²) in [6, 6.07) is 0.603. The average Bonchev–Trinajstić information content (AvgIpc) is 3.45. The molecule has 308 valence electrons. The maximum atomic E-state index is 14.7. The number of amides is 3. The molecule has 0 aromatic carbocycles. The minimum atomic E-state index is -0.955. The monoisotopic (exact) mass is 751 g/mol. The van der Waals surface area contributed by atoms with Crippen LogP contribution in [0.15, 0.2) is 12.2 Å². The smallest absolute Gasteiger partial charge is 0.297 e. The number of Topliss-reactive ketones (excluding diaryl/α,β-unsaturated/α-hetero) is 1. The van der Waals surface area contributed by atoms with E-state index in [-0.39, 0.29) is 17.7 Å². The molecule has 3 amide bonds. The Labute approximate surface area is 331 Å². The van der Waals surface area contributed by atoms with Gasteiger partial charge in [-0.2, -0.15) is 0 Å². The SMILES string of the molecule is CCCCCCCCC=CCCCCCCCC(=O)C1C(=O)N(CN(C2CCCCC2)C2CCCCC2)C(=O)N1CN(C1CCCCC1)C1CCCCC1. The van der Waals surface area contributed by atoms with Crippen molar-refractivity contribution in [2.45, 2.75) is 255 Å². The number of rotatable bonds is 24. The van der Waals surface area contributed by atoms with Gasteiger partial charge >= 0.3 is 6.03 Å². The van der Waals surface area contributed by atoms with Crippen molar-refractivity contribution < 1.29 is 14.4 Å². The number of allylic oxidation sites excluding steroid dienone is 2. The average molecular weight is 751 g/mol. The van der Waals surface area contributed by atoms with Crippen molar-refractivity contribution >= 4 is 17.7 Å². The number of urea groups is 1. The van der Waals surface area contributed by atoms with Gasteiger partial charge in [0.2, 0.25) is 0 Å². The Balaban J connectivity index is 1.19. The third-order valence-electron chi connectivity index (χ3n) is 14.1. The van der Waals surface area contributed by atoms with Gasteiger partial charge in [0.1, 0.15) is 0 Å². The number of hydrogen-bond acceptors (Lipinski definition) is 5. The Morgan fingerprint density at radius 1 is 0.537 bits per heavy atom. The van der Waals surface area contributed by atoms with Crippen molar-refractivity contribution in [1.29, 1.82) is 0 Å². The van der Waals surface area contributed by atoms with Crippen LogP contribution in [0, 0.1) is 0 Å². The van der Waals surface area contributed by atoms with Crippen LogP contribution in [0.5, 0.6) is 0 Å². The summed E-state index contributed by atoms with van der Waals surface area (Å²) in [4.78, 5) is 51.9. The molecule has 5 fully saturated rings. The number of unbranched alkanes of at least 4 members (excludes halogenated alkanes) is 11. The quantitative estimate of drug-likeness (QED) is 0.0425. The van der Waals surface area contributed by atoms with Crippen molar-refractivity contribution in [3.8, 4) is 0 Å². The van der Waals surface area contributed by atoms with Gasteiger partial charge in [0, 0.05) is 30.6 Å². The summed E-state index contributed by atoms with van der Waals surface area (Å²) in [6.07, 6.45) is 45.3. The van der Waals surface area contributed by atoms with E-state index in [0.29, 0.717) is 43.9 Å². The zero-order valence-electron chi connectivity index (χ0n) is 35.0. The molecule has 1 aliphatic heterocycles. The Hall–Kier alpha value is -1.73. The predicted octanol–water partition coefficient (Wildman–Crippen LogP) is 12.1. The molecule has 0 spiro atoms. The van der Waals surface area contributed by atoms with E-state index in [2.05, 4.69) is 28.9 Å². The second kappa shape index (κ2) is 24.8.